The first-order valence-corrected chi connectivity index (χ1v) is 10.6. The van der Waals surface area contributed by atoms with Crippen molar-refractivity contribution in [2.75, 3.05) is 5.32 Å². The van der Waals surface area contributed by atoms with Gasteiger partial charge in [0.15, 0.2) is 0 Å². The van der Waals surface area contributed by atoms with Crippen LogP contribution < -0.4 is 16.4 Å². The predicted molar refractivity (Wildman–Crippen MR) is 118 cm³/mol. The molecule has 0 unspecified atom stereocenters. The minimum atomic E-state index is -0.726. The van der Waals surface area contributed by atoms with Crippen molar-refractivity contribution >= 4 is 34.7 Å². The SMILES string of the molecule is Cc1ccc(C(=O)NC2CC2)cc1NC(=O)c1ccc(-c2cc(F)cc(C(N)=O)c2)s1. The van der Waals surface area contributed by atoms with E-state index in [-0.39, 0.29) is 23.4 Å². The van der Waals surface area contributed by atoms with E-state index < -0.39 is 11.7 Å². The van der Waals surface area contributed by atoms with Crippen LogP contribution in [0.25, 0.3) is 10.4 Å². The Morgan fingerprint density at radius 3 is 2.48 bits per heavy atom. The van der Waals surface area contributed by atoms with Crippen LogP contribution in [-0.2, 0) is 0 Å². The third-order valence-electron chi connectivity index (χ3n) is 4.96. The fourth-order valence-corrected chi connectivity index (χ4v) is 3.96. The third-order valence-corrected chi connectivity index (χ3v) is 6.09. The molecule has 1 aliphatic carbocycles. The number of anilines is 1. The van der Waals surface area contributed by atoms with E-state index in [0.717, 1.165) is 24.5 Å². The zero-order valence-electron chi connectivity index (χ0n) is 16.7. The average molecular weight is 437 g/mol. The molecule has 0 spiro atoms. The van der Waals surface area contributed by atoms with Gasteiger partial charge in [-0.1, -0.05) is 6.07 Å². The van der Waals surface area contributed by atoms with Gasteiger partial charge in [-0.15, -0.1) is 11.3 Å². The minimum absolute atomic E-state index is 0.0614. The van der Waals surface area contributed by atoms with Crippen LogP contribution in [0, 0.1) is 12.7 Å². The molecule has 0 aliphatic heterocycles. The number of aryl methyl sites for hydroxylation is 1. The molecule has 0 radical (unpaired) electrons. The Balaban J connectivity index is 1.53. The highest BCUT2D eigenvalue weighted by molar-refractivity contribution is 7.17. The molecule has 6 nitrogen and oxygen atoms in total. The highest BCUT2D eigenvalue weighted by atomic mass is 32.1. The summed E-state index contributed by atoms with van der Waals surface area (Å²) >= 11 is 1.17. The summed E-state index contributed by atoms with van der Waals surface area (Å²) in [6.45, 7) is 1.84. The third kappa shape index (κ3) is 4.80. The van der Waals surface area contributed by atoms with Gasteiger partial charge in [0.25, 0.3) is 11.8 Å². The highest BCUT2D eigenvalue weighted by Crippen LogP contribution is 2.30. The van der Waals surface area contributed by atoms with Crippen molar-refractivity contribution in [3.8, 4) is 10.4 Å². The molecule has 0 saturated heterocycles. The Morgan fingerprint density at radius 2 is 1.77 bits per heavy atom. The summed E-state index contributed by atoms with van der Waals surface area (Å²) in [5, 5.41) is 5.77. The van der Waals surface area contributed by atoms with Crippen molar-refractivity contribution in [1.82, 2.24) is 5.32 Å². The largest absolute Gasteiger partial charge is 0.366 e. The lowest BCUT2D eigenvalue weighted by Gasteiger charge is -2.10. The van der Waals surface area contributed by atoms with E-state index in [1.807, 2.05) is 6.92 Å². The van der Waals surface area contributed by atoms with Crippen LogP contribution in [-0.4, -0.2) is 23.8 Å². The minimum Gasteiger partial charge on any atom is -0.366 e. The first-order chi connectivity index (χ1) is 14.8. The van der Waals surface area contributed by atoms with Crippen LogP contribution in [0.4, 0.5) is 10.1 Å². The maximum atomic E-state index is 13.8. The number of hydrogen-bond donors (Lipinski definition) is 3. The van der Waals surface area contributed by atoms with E-state index in [4.69, 9.17) is 5.73 Å². The Bertz CT molecular complexity index is 1200. The lowest BCUT2D eigenvalue weighted by atomic mass is 10.1. The summed E-state index contributed by atoms with van der Waals surface area (Å²) in [7, 11) is 0. The number of nitrogens with two attached hydrogens (primary N) is 1. The predicted octanol–water partition coefficient (Wildman–Crippen LogP) is 4.11. The van der Waals surface area contributed by atoms with Crippen LogP contribution in [0.5, 0.6) is 0 Å². The molecule has 1 aromatic heterocycles. The van der Waals surface area contributed by atoms with Crippen molar-refractivity contribution in [2.24, 2.45) is 5.73 Å². The van der Waals surface area contributed by atoms with Gasteiger partial charge < -0.3 is 16.4 Å². The molecule has 1 saturated carbocycles. The van der Waals surface area contributed by atoms with E-state index in [9.17, 15) is 18.8 Å². The maximum Gasteiger partial charge on any atom is 0.265 e. The number of benzene rings is 2. The van der Waals surface area contributed by atoms with Crippen LogP contribution in [0.2, 0.25) is 0 Å². The van der Waals surface area contributed by atoms with Crippen molar-refractivity contribution < 1.29 is 18.8 Å². The number of halogens is 1. The zero-order chi connectivity index (χ0) is 22.1. The number of rotatable bonds is 6. The lowest BCUT2D eigenvalue weighted by molar-refractivity contribution is 0.0948. The van der Waals surface area contributed by atoms with Crippen molar-refractivity contribution in [3.05, 3.63) is 75.9 Å². The molecule has 0 atom stereocenters. The lowest BCUT2D eigenvalue weighted by Crippen LogP contribution is -2.25. The van der Waals surface area contributed by atoms with Crippen LogP contribution in [0.1, 0.15) is 48.8 Å². The molecule has 1 heterocycles. The average Bonchev–Trinajstić information content (AvgIpc) is 3.39. The van der Waals surface area contributed by atoms with Crippen LogP contribution in [0.15, 0.2) is 48.5 Å². The number of thiophene rings is 1. The number of carbonyl (C=O) groups is 3. The van der Waals surface area contributed by atoms with Gasteiger partial charge >= 0.3 is 0 Å². The second-order valence-corrected chi connectivity index (χ2v) is 8.57. The molecular weight excluding hydrogens is 417 g/mol. The summed E-state index contributed by atoms with van der Waals surface area (Å²) in [6, 6.07) is 12.6. The van der Waals surface area contributed by atoms with Crippen molar-refractivity contribution in [1.29, 1.82) is 0 Å². The van der Waals surface area contributed by atoms with E-state index in [0.29, 0.717) is 26.6 Å². The smallest absolute Gasteiger partial charge is 0.265 e. The molecule has 2 aromatic carbocycles. The van der Waals surface area contributed by atoms with Crippen molar-refractivity contribution in [2.45, 2.75) is 25.8 Å². The molecule has 8 heteroatoms. The van der Waals surface area contributed by atoms with Gasteiger partial charge in [0.05, 0.1) is 4.88 Å². The van der Waals surface area contributed by atoms with Gasteiger partial charge in [-0.3, -0.25) is 14.4 Å². The normalized spacial score (nSPS) is 13.0. The number of primary amides is 1. The molecule has 3 aromatic rings. The first-order valence-electron chi connectivity index (χ1n) is 9.73. The van der Waals surface area contributed by atoms with Gasteiger partial charge in [0.2, 0.25) is 5.91 Å². The number of nitrogens with one attached hydrogen (secondary N) is 2. The highest BCUT2D eigenvalue weighted by Gasteiger charge is 2.24. The summed E-state index contributed by atoms with van der Waals surface area (Å²) in [4.78, 5) is 37.5. The zero-order valence-corrected chi connectivity index (χ0v) is 17.5. The van der Waals surface area contributed by atoms with Crippen molar-refractivity contribution in [3.63, 3.8) is 0 Å². The molecule has 1 aliphatic rings. The number of hydrogen-bond acceptors (Lipinski definition) is 4. The molecule has 3 amide bonds. The van der Waals surface area contributed by atoms with Crippen LogP contribution in [0.3, 0.4) is 0 Å². The summed E-state index contributed by atoms with van der Waals surface area (Å²) in [6.07, 6.45) is 1.99. The Kier molecular flexibility index (Phi) is 5.56. The Labute approximate surface area is 182 Å². The van der Waals surface area contributed by atoms with E-state index >= 15 is 0 Å². The molecule has 4 rings (SSSR count). The molecule has 4 N–H and O–H groups in total. The molecular formula is C23H20FN3O3S. The standard InChI is InChI=1S/C23H20FN3O3S/c1-12-2-3-13(22(29)26-17-4-5-17)11-18(12)27-23(30)20-7-6-19(31-20)14-8-15(21(25)28)10-16(24)9-14/h2-3,6-11,17H,4-5H2,1H3,(H2,25,28)(H,26,29)(H,27,30). The van der Waals surface area contributed by atoms with Gasteiger partial charge in [0.1, 0.15) is 5.82 Å². The summed E-state index contributed by atoms with van der Waals surface area (Å²) in [5.41, 5.74) is 7.63. The van der Waals surface area contributed by atoms with Gasteiger partial charge in [-0.2, -0.15) is 0 Å². The van der Waals surface area contributed by atoms with E-state index in [2.05, 4.69) is 10.6 Å². The fourth-order valence-electron chi connectivity index (χ4n) is 3.07. The fraction of sp³-hybridized carbons (Fsp3) is 0.174. The second-order valence-electron chi connectivity index (χ2n) is 7.49. The Hall–Kier alpha value is -3.52. The van der Waals surface area contributed by atoms with Gasteiger partial charge in [-0.25, -0.2) is 4.39 Å². The monoisotopic (exact) mass is 437 g/mol. The Morgan fingerprint density at radius 1 is 1.00 bits per heavy atom. The van der Waals surface area contributed by atoms with Crippen LogP contribution >= 0.6 is 11.3 Å². The maximum absolute atomic E-state index is 13.8. The van der Waals surface area contributed by atoms with Gasteiger partial charge in [0, 0.05) is 27.7 Å². The molecule has 158 valence electrons. The van der Waals surface area contributed by atoms with E-state index in [1.165, 1.54) is 23.5 Å². The number of amides is 3. The summed E-state index contributed by atoms with van der Waals surface area (Å²) < 4.78 is 13.8. The molecule has 31 heavy (non-hydrogen) atoms. The molecule has 1 fully saturated rings. The summed E-state index contributed by atoms with van der Waals surface area (Å²) in [5.74, 6) is -1.81. The topological polar surface area (TPSA) is 101 Å². The number of carbonyl (C=O) groups excluding carboxylic acids is 3. The molecule has 0 bridgehead atoms. The van der Waals surface area contributed by atoms with E-state index in [1.54, 1.807) is 30.3 Å². The second kappa shape index (κ2) is 8.31. The van der Waals surface area contributed by atoms with Gasteiger partial charge in [-0.05, 0) is 73.4 Å². The quantitative estimate of drug-likeness (QED) is 0.541. The first kappa shape index (κ1) is 20.7.